The van der Waals surface area contributed by atoms with Crippen molar-refractivity contribution in [3.8, 4) is 0 Å². The first-order valence-electron chi connectivity index (χ1n) is 3.89. The molecule has 1 aromatic carbocycles. The van der Waals surface area contributed by atoms with E-state index in [9.17, 15) is 4.79 Å². The zero-order valence-electron chi connectivity index (χ0n) is 7.44. The fraction of sp³-hybridized carbons (Fsp3) is 0.222. The number of amides is 1. The molecule has 14 heavy (non-hydrogen) atoms. The Morgan fingerprint density at radius 1 is 1.50 bits per heavy atom. The number of benzene rings is 1. The fourth-order valence-electron chi connectivity index (χ4n) is 1.07. The molecular weight excluding hydrogens is 223 g/mol. The number of rotatable bonds is 3. The van der Waals surface area contributed by atoms with Gasteiger partial charge in [0.05, 0.1) is 0 Å². The molecule has 1 aromatic rings. The monoisotopic (exact) mass is 234 g/mol. The predicted molar refractivity (Wildman–Crippen MR) is 59.4 cm³/mol. The second-order valence-electron chi connectivity index (χ2n) is 2.83. The summed E-state index contributed by atoms with van der Waals surface area (Å²) in [7, 11) is 0. The van der Waals surface area contributed by atoms with Gasteiger partial charge in [0.1, 0.15) is 0 Å². The van der Waals surface area contributed by atoms with Crippen molar-refractivity contribution in [1.29, 1.82) is 0 Å². The minimum Gasteiger partial charge on any atom is -0.370 e. The number of hydrogen-bond acceptors (Lipinski definition) is 2. The van der Waals surface area contributed by atoms with E-state index in [1.54, 1.807) is 18.2 Å². The molecular formula is C9H12Cl2N2O. The smallest absolute Gasteiger partial charge is 0.219 e. The van der Waals surface area contributed by atoms with Gasteiger partial charge in [-0.15, -0.1) is 12.4 Å². The summed E-state index contributed by atoms with van der Waals surface area (Å²) in [5.41, 5.74) is 11.5. The summed E-state index contributed by atoms with van der Waals surface area (Å²) in [5, 5.41) is 0.609. The summed E-state index contributed by atoms with van der Waals surface area (Å²) in [6.45, 7) is 0. The number of halogens is 2. The molecule has 5 heteroatoms. The Kier molecular flexibility index (Phi) is 5.53. The third-order valence-corrected chi connectivity index (χ3v) is 1.93. The van der Waals surface area contributed by atoms with Gasteiger partial charge in [-0.1, -0.05) is 23.7 Å². The third kappa shape index (κ3) is 3.96. The summed E-state index contributed by atoms with van der Waals surface area (Å²) >= 11 is 5.75. The second-order valence-corrected chi connectivity index (χ2v) is 3.27. The highest BCUT2D eigenvalue weighted by atomic mass is 35.5. The first-order valence-corrected chi connectivity index (χ1v) is 4.26. The van der Waals surface area contributed by atoms with Crippen LogP contribution in [0.3, 0.4) is 0 Å². The molecule has 0 bridgehead atoms. The Hall–Kier alpha value is -0.770. The normalized spacial score (nSPS) is 11.6. The van der Waals surface area contributed by atoms with Crippen LogP contribution in [0.5, 0.6) is 0 Å². The topological polar surface area (TPSA) is 69.1 Å². The molecule has 0 aliphatic carbocycles. The van der Waals surface area contributed by atoms with Crippen molar-refractivity contribution >= 4 is 29.9 Å². The minimum atomic E-state index is -0.410. The van der Waals surface area contributed by atoms with E-state index in [0.717, 1.165) is 5.56 Å². The summed E-state index contributed by atoms with van der Waals surface area (Å²) < 4.78 is 0. The van der Waals surface area contributed by atoms with Crippen molar-refractivity contribution in [3.05, 3.63) is 34.9 Å². The Morgan fingerprint density at radius 2 is 2.14 bits per heavy atom. The van der Waals surface area contributed by atoms with Crippen LogP contribution in [0.25, 0.3) is 0 Å². The Morgan fingerprint density at radius 3 is 2.64 bits per heavy atom. The lowest BCUT2D eigenvalue weighted by molar-refractivity contribution is -0.118. The molecule has 0 aliphatic rings. The van der Waals surface area contributed by atoms with E-state index in [4.69, 9.17) is 23.1 Å². The van der Waals surface area contributed by atoms with Crippen LogP contribution in [0, 0.1) is 0 Å². The molecule has 1 atom stereocenters. The quantitative estimate of drug-likeness (QED) is 0.835. The summed E-state index contributed by atoms with van der Waals surface area (Å²) in [6, 6.07) is 6.73. The van der Waals surface area contributed by atoms with Gasteiger partial charge in [-0.3, -0.25) is 4.79 Å². The Balaban J connectivity index is 0.00000169. The molecule has 0 heterocycles. The van der Waals surface area contributed by atoms with Crippen LogP contribution in [0.1, 0.15) is 18.0 Å². The molecule has 78 valence electrons. The molecule has 1 rings (SSSR count). The Bertz CT molecular complexity index is 317. The second kappa shape index (κ2) is 5.86. The third-order valence-electron chi connectivity index (χ3n) is 1.70. The van der Waals surface area contributed by atoms with E-state index in [1.807, 2.05) is 6.07 Å². The molecule has 0 aromatic heterocycles. The van der Waals surface area contributed by atoms with Gasteiger partial charge < -0.3 is 11.5 Å². The average Bonchev–Trinajstić information content (AvgIpc) is 2.03. The number of carbonyl (C=O) groups excluding carboxylic acids is 1. The Labute approximate surface area is 93.8 Å². The van der Waals surface area contributed by atoms with Crippen molar-refractivity contribution in [2.45, 2.75) is 12.5 Å². The van der Waals surface area contributed by atoms with Gasteiger partial charge in [0, 0.05) is 17.5 Å². The van der Waals surface area contributed by atoms with Crippen LogP contribution in [0.2, 0.25) is 5.02 Å². The highest BCUT2D eigenvalue weighted by Crippen LogP contribution is 2.17. The van der Waals surface area contributed by atoms with Gasteiger partial charge in [0.15, 0.2) is 0 Å². The maximum absolute atomic E-state index is 10.6. The lowest BCUT2D eigenvalue weighted by Crippen LogP contribution is -2.20. The van der Waals surface area contributed by atoms with Gasteiger partial charge >= 0.3 is 0 Å². The first kappa shape index (κ1) is 13.2. The van der Waals surface area contributed by atoms with E-state index in [-0.39, 0.29) is 24.9 Å². The average molecular weight is 235 g/mol. The van der Waals surface area contributed by atoms with Crippen LogP contribution in [-0.4, -0.2) is 5.91 Å². The summed E-state index contributed by atoms with van der Waals surface area (Å²) in [6.07, 6.45) is 0.139. The number of hydrogen-bond donors (Lipinski definition) is 2. The number of carbonyl (C=O) groups is 1. The molecule has 4 N–H and O–H groups in total. The molecule has 3 nitrogen and oxygen atoms in total. The molecule has 0 radical (unpaired) electrons. The van der Waals surface area contributed by atoms with E-state index in [1.165, 1.54) is 0 Å². The van der Waals surface area contributed by atoms with E-state index in [2.05, 4.69) is 0 Å². The molecule has 0 saturated carbocycles. The first-order chi connectivity index (χ1) is 6.09. The molecule has 0 unspecified atom stereocenters. The maximum atomic E-state index is 10.6. The molecule has 0 spiro atoms. The highest BCUT2D eigenvalue weighted by Gasteiger charge is 2.08. The zero-order valence-corrected chi connectivity index (χ0v) is 9.02. The van der Waals surface area contributed by atoms with E-state index in [0.29, 0.717) is 5.02 Å². The minimum absolute atomic E-state index is 0. The standard InChI is InChI=1S/C9H11ClN2O.ClH/c10-7-3-1-2-6(4-7)8(11)5-9(12)13;/h1-4,8H,5,11H2,(H2,12,13);1H/t8-;/m1./s1. The van der Waals surface area contributed by atoms with Gasteiger partial charge in [-0.25, -0.2) is 0 Å². The fourth-order valence-corrected chi connectivity index (χ4v) is 1.27. The molecule has 1 amide bonds. The SMILES string of the molecule is Cl.NC(=O)C[C@@H](N)c1cccc(Cl)c1. The summed E-state index contributed by atoms with van der Waals surface area (Å²) in [4.78, 5) is 10.6. The van der Waals surface area contributed by atoms with E-state index < -0.39 is 5.91 Å². The molecule has 0 fully saturated rings. The van der Waals surface area contributed by atoms with Crippen molar-refractivity contribution in [3.63, 3.8) is 0 Å². The van der Waals surface area contributed by atoms with E-state index >= 15 is 0 Å². The molecule has 0 aliphatic heterocycles. The van der Waals surface area contributed by atoms with Crippen LogP contribution in [0.4, 0.5) is 0 Å². The van der Waals surface area contributed by atoms with Crippen LogP contribution < -0.4 is 11.5 Å². The van der Waals surface area contributed by atoms with Crippen LogP contribution in [-0.2, 0) is 4.79 Å². The van der Waals surface area contributed by atoms with Gasteiger partial charge in [0.25, 0.3) is 0 Å². The zero-order chi connectivity index (χ0) is 9.84. The van der Waals surface area contributed by atoms with Crippen molar-refractivity contribution < 1.29 is 4.79 Å². The van der Waals surface area contributed by atoms with Crippen molar-refractivity contribution in [1.82, 2.24) is 0 Å². The maximum Gasteiger partial charge on any atom is 0.219 e. The van der Waals surface area contributed by atoms with Gasteiger partial charge in [0.2, 0.25) is 5.91 Å². The lowest BCUT2D eigenvalue weighted by atomic mass is 10.0. The van der Waals surface area contributed by atoms with Gasteiger partial charge in [-0.2, -0.15) is 0 Å². The number of primary amides is 1. The number of nitrogens with two attached hydrogens (primary N) is 2. The van der Waals surface area contributed by atoms with Crippen LogP contribution in [0.15, 0.2) is 24.3 Å². The lowest BCUT2D eigenvalue weighted by Gasteiger charge is -2.09. The highest BCUT2D eigenvalue weighted by molar-refractivity contribution is 6.30. The largest absolute Gasteiger partial charge is 0.370 e. The molecule has 0 saturated heterocycles. The summed E-state index contributed by atoms with van der Waals surface area (Å²) in [5.74, 6) is -0.410. The van der Waals surface area contributed by atoms with Crippen molar-refractivity contribution in [2.75, 3.05) is 0 Å². The van der Waals surface area contributed by atoms with Gasteiger partial charge in [-0.05, 0) is 17.7 Å². The van der Waals surface area contributed by atoms with Crippen LogP contribution >= 0.6 is 24.0 Å². The van der Waals surface area contributed by atoms with Crippen molar-refractivity contribution in [2.24, 2.45) is 11.5 Å². The predicted octanol–water partition coefficient (Wildman–Crippen LogP) is 1.64.